The predicted octanol–water partition coefficient (Wildman–Crippen LogP) is 2.77. The molecule has 1 aromatic carbocycles. The first-order valence-corrected chi connectivity index (χ1v) is 5.79. The van der Waals surface area contributed by atoms with Gasteiger partial charge in [-0.2, -0.15) is 0 Å². The van der Waals surface area contributed by atoms with Crippen molar-refractivity contribution in [2.45, 2.75) is 20.8 Å². The summed E-state index contributed by atoms with van der Waals surface area (Å²) >= 11 is 0. The summed E-state index contributed by atoms with van der Waals surface area (Å²) in [6.07, 6.45) is 0. The lowest BCUT2D eigenvalue weighted by molar-refractivity contribution is -0.140. The van der Waals surface area contributed by atoms with Crippen LogP contribution in [0.15, 0.2) is 29.4 Å². The highest BCUT2D eigenvalue weighted by molar-refractivity contribution is 6.11. The lowest BCUT2D eigenvalue weighted by atomic mass is 10.1. The molecule has 0 N–H and O–H groups in total. The lowest BCUT2D eigenvalue weighted by Crippen LogP contribution is -2.01. The Morgan fingerprint density at radius 1 is 1.28 bits per heavy atom. The molecular formula is C14H16N2O2. The van der Waals surface area contributed by atoms with Gasteiger partial charge in [-0.1, -0.05) is 23.4 Å². The number of hydrogen-bond donors (Lipinski definition) is 0. The van der Waals surface area contributed by atoms with Crippen LogP contribution in [0.25, 0.3) is 10.9 Å². The van der Waals surface area contributed by atoms with Crippen LogP contribution in [0.3, 0.4) is 0 Å². The molecule has 18 heavy (non-hydrogen) atoms. The van der Waals surface area contributed by atoms with Gasteiger partial charge in [0.2, 0.25) is 0 Å². The fraction of sp³-hybridized carbons (Fsp3) is 0.286. The zero-order valence-corrected chi connectivity index (χ0v) is 11.0. The van der Waals surface area contributed by atoms with Crippen LogP contribution in [0.4, 0.5) is 0 Å². The first-order chi connectivity index (χ1) is 8.52. The van der Waals surface area contributed by atoms with Gasteiger partial charge in [-0.25, -0.2) is 4.79 Å². The van der Waals surface area contributed by atoms with Crippen LogP contribution in [0, 0.1) is 6.92 Å². The van der Waals surface area contributed by atoms with Crippen molar-refractivity contribution in [2.24, 2.45) is 12.2 Å². The number of nitrogens with zero attached hydrogens (tertiary/aromatic N) is 2. The van der Waals surface area contributed by atoms with E-state index in [0.29, 0.717) is 5.71 Å². The largest absolute Gasteiger partial charge is 0.347 e. The number of para-hydroxylation sites is 1. The summed E-state index contributed by atoms with van der Waals surface area (Å²) in [4.78, 5) is 15.5. The molecule has 0 aliphatic heterocycles. The Bertz CT molecular complexity index is 639. The maximum Gasteiger partial charge on any atom is 0.331 e. The summed E-state index contributed by atoms with van der Waals surface area (Å²) < 4.78 is 2.11. The molecule has 2 rings (SSSR count). The van der Waals surface area contributed by atoms with E-state index in [0.717, 1.165) is 22.2 Å². The SMILES string of the molecule is CC(=O)O/N=C(\C)c1c(C)n(C)c2ccccc12. The van der Waals surface area contributed by atoms with Gasteiger partial charge in [0, 0.05) is 36.1 Å². The van der Waals surface area contributed by atoms with E-state index >= 15 is 0 Å². The van der Waals surface area contributed by atoms with Crippen LogP contribution in [-0.4, -0.2) is 16.2 Å². The Morgan fingerprint density at radius 3 is 2.61 bits per heavy atom. The molecule has 0 spiro atoms. The van der Waals surface area contributed by atoms with E-state index in [4.69, 9.17) is 4.84 Å². The van der Waals surface area contributed by atoms with E-state index in [1.54, 1.807) is 0 Å². The number of oxime groups is 1. The van der Waals surface area contributed by atoms with Gasteiger partial charge in [-0.15, -0.1) is 0 Å². The van der Waals surface area contributed by atoms with Crippen molar-refractivity contribution in [1.29, 1.82) is 0 Å². The molecule has 0 fully saturated rings. The molecule has 2 aromatic rings. The van der Waals surface area contributed by atoms with Crippen LogP contribution in [0.1, 0.15) is 25.1 Å². The standard InChI is InChI=1S/C14H16N2O2/c1-9(15-18-11(3)17)14-10(2)16(4)13-8-6-5-7-12(13)14/h5-8H,1-4H3/b15-9+. The second-order valence-corrected chi connectivity index (χ2v) is 4.30. The van der Waals surface area contributed by atoms with E-state index in [1.807, 2.05) is 39.1 Å². The number of rotatable bonds is 2. The van der Waals surface area contributed by atoms with Gasteiger partial charge in [0.15, 0.2) is 0 Å². The van der Waals surface area contributed by atoms with Crippen LogP contribution >= 0.6 is 0 Å². The molecule has 0 radical (unpaired) electrons. The molecule has 1 aromatic heterocycles. The molecule has 0 saturated heterocycles. The van der Waals surface area contributed by atoms with Gasteiger partial charge in [-0.3, -0.25) is 0 Å². The normalized spacial score (nSPS) is 11.9. The van der Waals surface area contributed by atoms with E-state index < -0.39 is 5.97 Å². The van der Waals surface area contributed by atoms with Crippen molar-refractivity contribution >= 4 is 22.6 Å². The minimum Gasteiger partial charge on any atom is -0.347 e. The van der Waals surface area contributed by atoms with Gasteiger partial charge in [-0.05, 0) is 19.9 Å². The molecule has 0 saturated carbocycles. The maximum atomic E-state index is 10.8. The van der Waals surface area contributed by atoms with E-state index in [-0.39, 0.29) is 0 Å². The van der Waals surface area contributed by atoms with Crippen molar-refractivity contribution in [1.82, 2.24) is 4.57 Å². The maximum absolute atomic E-state index is 10.8. The number of hydrogen-bond acceptors (Lipinski definition) is 3. The summed E-state index contributed by atoms with van der Waals surface area (Å²) in [5.74, 6) is -0.410. The van der Waals surface area contributed by atoms with Crippen molar-refractivity contribution in [3.8, 4) is 0 Å². The Labute approximate surface area is 106 Å². The van der Waals surface area contributed by atoms with Crippen LogP contribution in [-0.2, 0) is 16.7 Å². The van der Waals surface area contributed by atoms with Gasteiger partial charge in [0.1, 0.15) is 0 Å². The molecule has 0 atom stereocenters. The minimum absolute atomic E-state index is 0.410. The summed E-state index contributed by atoms with van der Waals surface area (Å²) in [5.41, 5.74) is 3.97. The Morgan fingerprint density at radius 2 is 1.94 bits per heavy atom. The Kier molecular flexibility index (Phi) is 3.19. The van der Waals surface area contributed by atoms with E-state index in [9.17, 15) is 4.79 Å². The number of carbonyl (C=O) groups is 1. The molecule has 0 aliphatic carbocycles. The predicted molar refractivity (Wildman–Crippen MR) is 71.6 cm³/mol. The first kappa shape index (κ1) is 12.4. The third-order valence-electron chi connectivity index (χ3n) is 3.07. The number of aromatic nitrogens is 1. The average molecular weight is 244 g/mol. The van der Waals surface area contributed by atoms with Crippen LogP contribution in [0.5, 0.6) is 0 Å². The summed E-state index contributed by atoms with van der Waals surface area (Å²) in [6.45, 7) is 5.21. The summed E-state index contributed by atoms with van der Waals surface area (Å²) in [5, 5.41) is 4.99. The topological polar surface area (TPSA) is 43.6 Å². The Hall–Kier alpha value is -2.10. The molecule has 4 heteroatoms. The van der Waals surface area contributed by atoms with Gasteiger partial charge >= 0.3 is 5.97 Å². The average Bonchev–Trinajstić information content (AvgIpc) is 2.60. The third kappa shape index (κ3) is 2.01. The molecular weight excluding hydrogens is 228 g/mol. The van der Waals surface area contributed by atoms with Gasteiger partial charge in [0.05, 0.1) is 5.71 Å². The molecule has 0 aliphatic rings. The highest BCUT2D eigenvalue weighted by atomic mass is 16.7. The molecule has 1 heterocycles. The second kappa shape index (κ2) is 4.64. The highest BCUT2D eigenvalue weighted by Crippen LogP contribution is 2.25. The van der Waals surface area contributed by atoms with Gasteiger partial charge < -0.3 is 9.40 Å². The number of carbonyl (C=O) groups excluding carboxylic acids is 1. The molecule has 0 bridgehead atoms. The Balaban J connectivity index is 2.60. The van der Waals surface area contributed by atoms with Crippen LogP contribution < -0.4 is 0 Å². The number of benzene rings is 1. The van der Waals surface area contributed by atoms with Crippen molar-refractivity contribution in [2.75, 3.05) is 0 Å². The zero-order valence-electron chi connectivity index (χ0n) is 11.0. The number of fused-ring (bicyclic) bond motifs is 1. The van der Waals surface area contributed by atoms with Crippen molar-refractivity contribution in [3.05, 3.63) is 35.5 Å². The third-order valence-corrected chi connectivity index (χ3v) is 3.07. The second-order valence-electron chi connectivity index (χ2n) is 4.30. The van der Waals surface area contributed by atoms with E-state index in [1.165, 1.54) is 6.92 Å². The van der Waals surface area contributed by atoms with Crippen molar-refractivity contribution in [3.63, 3.8) is 0 Å². The molecule has 0 unspecified atom stereocenters. The fourth-order valence-corrected chi connectivity index (χ4v) is 2.16. The molecule has 94 valence electrons. The first-order valence-electron chi connectivity index (χ1n) is 5.79. The fourth-order valence-electron chi connectivity index (χ4n) is 2.16. The monoisotopic (exact) mass is 244 g/mol. The highest BCUT2D eigenvalue weighted by Gasteiger charge is 2.14. The zero-order chi connectivity index (χ0) is 13.3. The quantitative estimate of drug-likeness (QED) is 0.463. The molecule has 0 amide bonds. The summed E-state index contributed by atoms with van der Waals surface area (Å²) in [7, 11) is 2.01. The summed E-state index contributed by atoms with van der Waals surface area (Å²) in [6, 6.07) is 8.10. The minimum atomic E-state index is -0.410. The van der Waals surface area contributed by atoms with Crippen molar-refractivity contribution < 1.29 is 9.63 Å². The number of aryl methyl sites for hydroxylation is 1. The van der Waals surface area contributed by atoms with Gasteiger partial charge in [0.25, 0.3) is 0 Å². The van der Waals surface area contributed by atoms with E-state index in [2.05, 4.69) is 15.8 Å². The van der Waals surface area contributed by atoms with Crippen LogP contribution in [0.2, 0.25) is 0 Å². The lowest BCUT2D eigenvalue weighted by Gasteiger charge is -2.01. The molecule has 4 nitrogen and oxygen atoms in total. The smallest absolute Gasteiger partial charge is 0.331 e.